The fraction of sp³-hybridized carbons (Fsp3) is 0. The molecule has 0 bridgehead atoms. The Hall–Kier alpha value is -1.13. The maximum Gasteiger partial charge on any atom is 0.274 e. The Morgan fingerprint density at radius 1 is 1.58 bits per heavy atom. The van der Waals surface area contributed by atoms with Crippen molar-refractivity contribution in [3.63, 3.8) is 0 Å². The molecule has 0 saturated heterocycles. The molecule has 0 saturated carbocycles. The zero-order chi connectivity index (χ0) is 9.14. The van der Waals surface area contributed by atoms with Crippen LogP contribution < -0.4 is 5.48 Å². The number of benzene rings is 1. The highest BCUT2D eigenvalue weighted by Crippen LogP contribution is 2.15. The molecule has 1 rings (SSSR count). The molecule has 0 aliphatic carbocycles. The second kappa shape index (κ2) is 3.51. The topological polar surface area (TPSA) is 49.3 Å². The van der Waals surface area contributed by atoms with Gasteiger partial charge in [-0.1, -0.05) is 11.6 Å². The van der Waals surface area contributed by atoms with Gasteiger partial charge in [0.15, 0.2) is 0 Å². The molecule has 1 amide bonds. The first-order valence-electron chi connectivity index (χ1n) is 3.04. The predicted octanol–water partition coefficient (Wildman–Crippen LogP) is 1.60. The van der Waals surface area contributed by atoms with Crippen molar-refractivity contribution in [3.8, 4) is 0 Å². The largest absolute Gasteiger partial charge is 0.288 e. The maximum atomic E-state index is 12.5. The van der Waals surface area contributed by atoms with Crippen LogP contribution in [-0.4, -0.2) is 11.1 Å². The van der Waals surface area contributed by atoms with E-state index in [0.717, 1.165) is 12.1 Å². The van der Waals surface area contributed by atoms with Crippen LogP contribution in [0.5, 0.6) is 0 Å². The monoisotopic (exact) mass is 189 g/mol. The lowest BCUT2D eigenvalue weighted by molar-refractivity contribution is 0.0706. The number of hydrogen-bond acceptors (Lipinski definition) is 2. The SMILES string of the molecule is O=C(NO)c1ccc(F)c(Cl)c1. The third-order valence-corrected chi connectivity index (χ3v) is 1.57. The zero-order valence-electron chi connectivity index (χ0n) is 5.84. The summed E-state index contributed by atoms with van der Waals surface area (Å²) in [5.74, 6) is -1.33. The summed E-state index contributed by atoms with van der Waals surface area (Å²) in [6.45, 7) is 0. The van der Waals surface area contributed by atoms with Crippen molar-refractivity contribution in [3.05, 3.63) is 34.6 Å². The van der Waals surface area contributed by atoms with E-state index in [1.165, 1.54) is 11.5 Å². The zero-order valence-corrected chi connectivity index (χ0v) is 6.60. The molecule has 0 radical (unpaired) electrons. The van der Waals surface area contributed by atoms with Crippen LogP contribution in [-0.2, 0) is 0 Å². The molecule has 64 valence electrons. The summed E-state index contributed by atoms with van der Waals surface area (Å²) in [5, 5.41) is 8.06. The molecule has 0 unspecified atom stereocenters. The minimum atomic E-state index is -0.725. The van der Waals surface area contributed by atoms with Gasteiger partial charge in [-0.05, 0) is 18.2 Å². The van der Waals surface area contributed by atoms with E-state index < -0.39 is 11.7 Å². The Kier molecular flexibility index (Phi) is 2.62. The van der Waals surface area contributed by atoms with Crippen LogP contribution in [0.4, 0.5) is 4.39 Å². The normalized spacial score (nSPS) is 9.58. The van der Waals surface area contributed by atoms with E-state index in [2.05, 4.69) is 0 Å². The van der Waals surface area contributed by atoms with Crippen molar-refractivity contribution in [2.45, 2.75) is 0 Å². The van der Waals surface area contributed by atoms with Gasteiger partial charge in [0, 0.05) is 5.56 Å². The number of carbonyl (C=O) groups is 1. The van der Waals surface area contributed by atoms with Crippen LogP contribution in [0.15, 0.2) is 18.2 Å². The Balaban J connectivity index is 3.05. The van der Waals surface area contributed by atoms with Crippen LogP contribution in [0.2, 0.25) is 5.02 Å². The molecule has 0 spiro atoms. The van der Waals surface area contributed by atoms with Gasteiger partial charge in [-0.2, -0.15) is 0 Å². The van der Waals surface area contributed by atoms with Crippen molar-refractivity contribution in [2.75, 3.05) is 0 Å². The molecule has 5 heteroatoms. The van der Waals surface area contributed by atoms with Crippen molar-refractivity contribution in [1.29, 1.82) is 0 Å². The van der Waals surface area contributed by atoms with Gasteiger partial charge in [0.2, 0.25) is 0 Å². The number of hydroxylamine groups is 1. The first-order valence-corrected chi connectivity index (χ1v) is 3.42. The van der Waals surface area contributed by atoms with E-state index in [0.29, 0.717) is 0 Å². The van der Waals surface area contributed by atoms with Crippen LogP contribution >= 0.6 is 11.6 Å². The van der Waals surface area contributed by atoms with Crippen LogP contribution in [0.3, 0.4) is 0 Å². The van der Waals surface area contributed by atoms with Gasteiger partial charge in [0.25, 0.3) is 5.91 Å². The summed E-state index contributed by atoms with van der Waals surface area (Å²) in [6.07, 6.45) is 0. The van der Waals surface area contributed by atoms with Gasteiger partial charge in [-0.25, -0.2) is 9.87 Å². The lowest BCUT2D eigenvalue weighted by atomic mass is 10.2. The molecule has 0 aromatic heterocycles. The van der Waals surface area contributed by atoms with Gasteiger partial charge in [0.05, 0.1) is 5.02 Å². The number of hydrogen-bond donors (Lipinski definition) is 2. The minimum Gasteiger partial charge on any atom is -0.288 e. The Bertz CT molecular complexity index is 316. The maximum absolute atomic E-state index is 12.5. The lowest BCUT2D eigenvalue weighted by Crippen LogP contribution is -2.18. The minimum absolute atomic E-state index is 0.101. The standard InChI is InChI=1S/C7H5ClFNO2/c8-5-3-4(7(11)10-12)1-2-6(5)9/h1-3,12H,(H,10,11). The van der Waals surface area contributed by atoms with Crippen molar-refractivity contribution >= 4 is 17.5 Å². The van der Waals surface area contributed by atoms with Crippen LogP contribution in [0, 0.1) is 5.82 Å². The fourth-order valence-electron chi connectivity index (χ4n) is 0.702. The van der Waals surface area contributed by atoms with Gasteiger partial charge in [-0.3, -0.25) is 10.0 Å². The molecule has 0 aliphatic heterocycles. The van der Waals surface area contributed by atoms with Crippen LogP contribution in [0.1, 0.15) is 10.4 Å². The average Bonchev–Trinajstić information content (AvgIpc) is 2.08. The second-order valence-electron chi connectivity index (χ2n) is 2.07. The third kappa shape index (κ3) is 1.72. The van der Waals surface area contributed by atoms with Crippen molar-refractivity contribution in [2.24, 2.45) is 0 Å². The quantitative estimate of drug-likeness (QED) is 0.521. The fourth-order valence-corrected chi connectivity index (χ4v) is 0.882. The number of rotatable bonds is 1. The highest BCUT2D eigenvalue weighted by atomic mass is 35.5. The molecule has 1 aromatic rings. The molecule has 0 fully saturated rings. The average molecular weight is 190 g/mol. The Morgan fingerprint density at radius 3 is 2.75 bits per heavy atom. The molecular weight excluding hydrogens is 185 g/mol. The molecule has 0 aliphatic rings. The number of nitrogens with one attached hydrogen (secondary N) is 1. The van der Waals surface area contributed by atoms with Gasteiger partial charge in [0.1, 0.15) is 5.82 Å². The molecule has 12 heavy (non-hydrogen) atoms. The lowest BCUT2D eigenvalue weighted by Gasteiger charge is -1.98. The number of amides is 1. The Morgan fingerprint density at radius 2 is 2.25 bits per heavy atom. The van der Waals surface area contributed by atoms with E-state index in [-0.39, 0.29) is 10.6 Å². The molecule has 1 aromatic carbocycles. The molecule has 0 atom stereocenters. The van der Waals surface area contributed by atoms with Crippen LogP contribution in [0.25, 0.3) is 0 Å². The van der Waals surface area contributed by atoms with E-state index in [1.807, 2.05) is 0 Å². The van der Waals surface area contributed by atoms with E-state index in [9.17, 15) is 9.18 Å². The number of carbonyl (C=O) groups excluding carboxylic acids is 1. The van der Waals surface area contributed by atoms with Gasteiger partial charge >= 0.3 is 0 Å². The highest BCUT2D eigenvalue weighted by molar-refractivity contribution is 6.31. The van der Waals surface area contributed by atoms with Crippen molar-refractivity contribution < 1.29 is 14.4 Å². The second-order valence-corrected chi connectivity index (χ2v) is 2.48. The van der Waals surface area contributed by atoms with Gasteiger partial charge < -0.3 is 0 Å². The molecule has 2 N–H and O–H groups in total. The first kappa shape index (κ1) is 8.96. The summed E-state index contributed by atoms with van der Waals surface area (Å²) < 4.78 is 12.5. The van der Waals surface area contributed by atoms with E-state index in [4.69, 9.17) is 16.8 Å². The summed E-state index contributed by atoms with van der Waals surface area (Å²) in [6, 6.07) is 3.39. The third-order valence-electron chi connectivity index (χ3n) is 1.28. The molecular formula is C7H5ClFNO2. The summed E-state index contributed by atoms with van der Waals surface area (Å²) in [5.41, 5.74) is 1.51. The highest BCUT2D eigenvalue weighted by Gasteiger charge is 2.06. The molecule has 0 heterocycles. The number of halogens is 2. The predicted molar refractivity (Wildman–Crippen MR) is 40.7 cm³/mol. The Labute approximate surface area is 72.7 Å². The van der Waals surface area contributed by atoms with Gasteiger partial charge in [-0.15, -0.1) is 0 Å². The van der Waals surface area contributed by atoms with Crippen molar-refractivity contribution in [1.82, 2.24) is 5.48 Å². The summed E-state index contributed by atoms with van der Waals surface area (Å²) in [4.78, 5) is 10.7. The van der Waals surface area contributed by atoms with E-state index in [1.54, 1.807) is 0 Å². The molecule has 3 nitrogen and oxygen atoms in total. The summed E-state index contributed by atoms with van der Waals surface area (Å²) >= 11 is 5.38. The van der Waals surface area contributed by atoms with E-state index >= 15 is 0 Å². The summed E-state index contributed by atoms with van der Waals surface area (Å²) in [7, 11) is 0. The first-order chi connectivity index (χ1) is 5.65. The smallest absolute Gasteiger partial charge is 0.274 e.